The molecule has 1 aliphatic carbocycles. The van der Waals surface area contributed by atoms with Crippen molar-refractivity contribution in [2.75, 3.05) is 6.54 Å². The summed E-state index contributed by atoms with van der Waals surface area (Å²) in [6.45, 7) is 4.02. The van der Waals surface area contributed by atoms with Crippen LogP contribution >= 0.6 is 0 Å². The van der Waals surface area contributed by atoms with E-state index in [0.29, 0.717) is 5.92 Å². The Kier molecular flexibility index (Phi) is 2.36. The maximum atomic E-state index is 5.60. The maximum Gasteiger partial charge on any atom is 0.0524 e. The molecule has 3 nitrogen and oxygen atoms in total. The van der Waals surface area contributed by atoms with Crippen LogP contribution in [-0.2, 0) is 6.54 Å². The Hall–Kier alpha value is -0.830. The van der Waals surface area contributed by atoms with Crippen LogP contribution in [0, 0.1) is 5.92 Å². The highest BCUT2D eigenvalue weighted by Gasteiger charge is 2.37. The third-order valence-corrected chi connectivity index (χ3v) is 2.76. The number of rotatable bonds is 4. The van der Waals surface area contributed by atoms with Gasteiger partial charge in [0.05, 0.1) is 6.20 Å². The molecule has 0 spiro atoms. The van der Waals surface area contributed by atoms with Gasteiger partial charge in [-0.1, -0.05) is 6.92 Å². The topological polar surface area (TPSA) is 43.8 Å². The number of hydrogen-bond donors (Lipinski definition) is 1. The van der Waals surface area contributed by atoms with E-state index in [1.165, 1.54) is 12.0 Å². The second kappa shape index (κ2) is 3.50. The van der Waals surface area contributed by atoms with Crippen molar-refractivity contribution in [1.29, 1.82) is 0 Å². The largest absolute Gasteiger partial charge is 0.330 e. The van der Waals surface area contributed by atoms with Gasteiger partial charge in [-0.2, -0.15) is 5.10 Å². The molecule has 1 saturated carbocycles. The van der Waals surface area contributed by atoms with Gasteiger partial charge < -0.3 is 5.73 Å². The first-order chi connectivity index (χ1) is 6.35. The third-order valence-electron chi connectivity index (χ3n) is 2.76. The van der Waals surface area contributed by atoms with E-state index in [1.807, 2.05) is 10.9 Å². The molecule has 2 atom stereocenters. The number of nitrogens with two attached hydrogens (primary N) is 1. The highest BCUT2D eigenvalue weighted by Crippen LogP contribution is 2.46. The molecule has 1 heterocycles. The monoisotopic (exact) mass is 179 g/mol. The van der Waals surface area contributed by atoms with Crippen LogP contribution in [-0.4, -0.2) is 16.3 Å². The third kappa shape index (κ3) is 1.75. The lowest BCUT2D eigenvalue weighted by molar-refractivity contribution is 0.602. The summed E-state index contributed by atoms with van der Waals surface area (Å²) in [5.41, 5.74) is 6.98. The second-order valence-electron chi connectivity index (χ2n) is 3.87. The van der Waals surface area contributed by atoms with Gasteiger partial charge in [-0.25, -0.2) is 0 Å². The quantitative estimate of drug-likeness (QED) is 0.758. The van der Waals surface area contributed by atoms with Crippen LogP contribution in [0.4, 0.5) is 0 Å². The first kappa shape index (κ1) is 8.75. The summed E-state index contributed by atoms with van der Waals surface area (Å²) in [5.74, 6) is 1.43. The number of aromatic nitrogens is 2. The molecule has 3 heteroatoms. The average Bonchev–Trinajstić information content (AvgIpc) is 2.80. The summed E-state index contributed by atoms with van der Waals surface area (Å²) in [6, 6.07) is 0. The number of nitrogens with zero attached hydrogens (tertiary/aromatic N) is 2. The lowest BCUT2D eigenvalue weighted by Gasteiger charge is -1.95. The Labute approximate surface area is 78.9 Å². The molecule has 0 radical (unpaired) electrons. The van der Waals surface area contributed by atoms with Crippen molar-refractivity contribution in [2.24, 2.45) is 11.7 Å². The molecule has 13 heavy (non-hydrogen) atoms. The van der Waals surface area contributed by atoms with Gasteiger partial charge in [-0.05, 0) is 36.8 Å². The van der Waals surface area contributed by atoms with Crippen molar-refractivity contribution in [2.45, 2.75) is 32.2 Å². The summed E-state index contributed by atoms with van der Waals surface area (Å²) >= 11 is 0. The zero-order valence-corrected chi connectivity index (χ0v) is 8.11. The highest BCUT2D eigenvalue weighted by atomic mass is 15.3. The standard InChI is InChI=1S/C10H17N3/c1-2-3-13-7-9(6-12-13)10-4-8(10)5-11/h6-8,10H,2-5,11H2,1H3. The fourth-order valence-electron chi connectivity index (χ4n) is 1.84. The van der Waals surface area contributed by atoms with E-state index in [0.717, 1.165) is 25.4 Å². The molecule has 0 aliphatic heterocycles. The van der Waals surface area contributed by atoms with E-state index in [9.17, 15) is 0 Å². The molecule has 2 unspecified atom stereocenters. The van der Waals surface area contributed by atoms with Gasteiger partial charge in [0, 0.05) is 12.7 Å². The van der Waals surface area contributed by atoms with E-state index in [2.05, 4.69) is 18.2 Å². The fraction of sp³-hybridized carbons (Fsp3) is 0.700. The summed E-state index contributed by atoms with van der Waals surface area (Å²) in [7, 11) is 0. The molecular formula is C10H17N3. The van der Waals surface area contributed by atoms with E-state index in [1.54, 1.807) is 0 Å². The van der Waals surface area contributed by atoms with Gasteiger partial charge in [0.25, 0.3) is 0 Å². The second-order valence-corrected chi connectivity index (χ2v) is 3.87. The first-order valence-electron chi connectivity index (χ1n) is 5.07. The van der Waals surface area contributed by atoms with Gasteiger partial charge in [0.15, 0.2) is 0 Å². The maximum absolute atomic E-state index is 5.60. The van der Waals surface area contributed by atoms with E-state index < -0.39 is 0 Å². The van der Waals surface area contributed by atoms with Crippen LogP contribution < -0.4 is 5.73 Å². The highest BCUT2D eigenvalue weighted by molar-refractivity contribution is 5.20. The Bertz CT molecular complexity index is 279. The Balaban J connectivity index is 1.98. The number of hydrogen-bond acceptors (Lipinski definition) is 2. The SMILES string of the molecule is CCCn1cc(C2CC2CN)cn1. The van der Waals surface area contributed by atoms with Gasteiger partial charge in [-0.3, -0.25) is 4.68 Å². The first-order valence-corrected chi connectivity index (χ1v) is 5.07. The van der Waals surface area contributed by atoms with E-state index in [-0.39, 0.29) is 0 Å². The molecular weight excluding hydrogens is 162 g/mol. The Morgan fingerprint density at radius 1 is 1.69 bits per heavy atom. The van der Waals surface area contributed by atoms with Gasteiger partial charge in [0.2, 0.25) is 0 Å². The predicted molar refractivity (Wildman–Crippen MR) is 52.4 cm³/mol. The fourth-order valence-corrected chi connectivity index (χ4v) is 1.84. The summed E-state index contributed by atoms with van der Waals surface area (Å²) in [4.78, 5) is 0. The molecule has 1 fully saturated rings. The molecule has 2 rings (SSSR count). The summed E-state index contributed by atoms with van der Waals surface area (Å²) in [5, 5.41) is 4.31. The smallest absolute Gasteiger partial charge is 0.0524 e. The van der Waals surface area contributed by atoms with Gasteiger partial charge in [0.1, 0.15) is 0 Å². The lowest BCUT2D eigenvalue weighted by Crippen LogP contribution is -2.01. The van der Waals surface area contributed by atoms with Crippen molar-refractivity contribution in [3.05, 3.63) is 18.0 Å². The molecule has 0 aromatic carbocycles. The van der Waals surface area contributed by atoms with Crippen LogP contribution in [0.5, 0.6) is 0 Å². The minimum atomic E-state index is 0.704. The predicted octanol–water partition coefficient (Wildman–Crippen LogP) is 1.36. The van der Waals surface area contributed by atoms with Crippen molar-refractivity contribution in [3.8, 4) is 0 Å². The molecule has 1 aliphatic rings. The van der Waals surface area contributed by atoms with Crippen LogP contribution in [0.1, 0.15) is 31.2 Å². The summed E-state index contributed by atoms with van der Waals surface area (Å²) < 4.78 is 2.03. The van der Waals surface area contributed by atoms with Crippen molar-refractivity contribution < 1.29 is 0 Å². The molecule has 0 bridgehead atoms. The van der Waals surface area contributed by atoms with Crippen LogP contribution in [0.2, 0.25) is 0 Å². The zero-order valence-electron chi connectivity index (χ0n) is 8.11. The van der Waals surface area contributed by atoms with Crippen molar-refractivity contribution >= 4 is 0 Å². The van der Waals surface area contributed by atoms with Crippen molar-refractivity contribution in [3.63, 3.8) is 0 Å². The van der Waals surface area contributed by atoms with E-state index >= 15 is 0 Å². The molecule has 0 amide bonds. The average molecular weight is 179 g/mol. The minimum Gasteiger partial charge on any atom is -0.330 e. The van der Waals surface area contributed by atoms with Crippen LogP contribution in [0.25, 0.3) is 0 Å². The van der Waals surface area contributed by atoms with Crippen LogP contribution in [0.3, 0.4) is 0 Å². The molecule has 1 aromatic heterocycles. The molecule has 0 saturated heterocycles. The number of aryl methyl sites for hydroxylation is 1. The van der Waals surface area contributed by atoms with Crippen molar-refractivity contribution in [1.82, 2.24) is 9.78 Å². The summed E-state index contributed by atoms with van der Waals surface area (Å²) in [6.07, 6.45) is 6.57. The Morgan fingerprint density at radius 3 is 3.15 bits per heavy atom. The Morgan fingerprint density at radius 2 is 2.54 bits per heavy atom. The normalized spacial score (nSPS) is 26.3. The van der Waals surface area contributed by atoms with E-state index in [4.69, 9.17) is 5.73 Å². The molecule has 1 aromatic rings. The zero-order chi connectivity index (χ0) is 9.26. The van der Waals surface area contributed by atoms with Crippen LogP contribution in [0.15, 0.2) is 12.4 Å². The lowest BCUT2D eigenvalue weighted by atomic mass is 10.2. The minimum absolute atomic E-state index is 0.704. The van der Waals surface area contributed by atoms with Gasteiger partial charge in [-0.15, -0.1) is 0 Å². The molecule has 2 N–H and O–H groups in total. The molecule has 72 valence electrons. The van der Waals surface area contributed by atoms with Gasteiger partial charge >= 0.3 is 0 Å².